The molecule has 0 spiro atoms. The average Bonchev–Trinajstić information content (AvgIpc) is 3.08. The van der Waals surface area contributed by atoms with Crippen molar-refractivity contribution in [2.24, 2.45) is 0 Å². The van der Waals surface area contributed by atoms with Gasteiger partial charge in [-0.15, -0.1) is 0 Å². The van der Waals surface area contributed by atoms with Gasteiger partial charge < -0.3 is 14.9 Å². The summed E-state index contributed by atoms with van der Waals surface area (Å²) in [7, 11) is -4.28. The van der Waals surface area contributed by atoms with E-state index < -0.39 is 7.82 Å². The Bertz CT molecular complexity index is 1260. The molecule has 0 heterocycles. The average molecular weight is 730 g/mol. The van der Waals surface area contributed by atoms with E-state index in [0.29, 0.717) is 6.42 Å². The SMILES string of the molecule is C=C1CCCC(C)=C1/C=C/C(C)=C/C=C/C(C)=C/C(=O)NCCOP(=O)(O)OCCCOC(=O)CCCCCCC/C=C\CCCCCCCC. The molecule has 9 heteroatoms. The second-order valence-corrected chi connectivity index (χ2v) is 14.9. The van der Waals surface area contributed by atoms with E-state index in [4.69, 9.17) is 13.8 Å². The van der Waals surface area contributed by atoms with Crippen LogP contribution in [-0.2, 0) is 27.9 Å². The lowest BCUT2D eigenvalue weighted by Crippen LogP contribution is -2.25. The minimum absolute atomic E-state index is 0.0403. The number of hydrogen-bond donors (Lipinski definition) is 2. The van der Waals surface area contributed by atoms with E-state index in [1.165, 1.54) is 87.0 Å². The number of amides is 1. The van der Waals surface area contributed by atoms with Crippen LogP contribution in [0.5, 0.6) is 0 Å². The summed E-state index contributed by atoms with van der Waals surface area (Å²) in [6.07, 6.45) is 35.6. The molecule has 8 nitrogen and oxygen atoms in total. The zero-order valence-electron chi connectivity index (χ0n) is 32.2. The normalized spacial score (nSPS) is 15.7. The minimum atomic E-state index is -4.28. The van der Waals surface area contributed by atoms with Gasteiger partial charge in [0.1, 0.15) is 0 Å². The molecular formula is C42H68NO7P. The first-order valence-electron chi connectivity index (χ1n) is 19.3. The highest BCUT2D eigenvalue weighted by Gasteiger charge is 2.20. The first-order chi connectivity index (χ1) is 24.5. The number of allylic oxidation sites excluding steroid dienone is 12. The van der Waals surface area contributed by atoms with Crippen molar-refractivity contribution in [3.8, 4) is 0 Å². The van der Waals surface area contributed by atoms with E-state index >= 15 is 0 Å². The second-order valence-electron chi connectivity index (χ2n) is 13.5. The Morgan fingerprint density at radius 3 is 2.18 bits per heavy atom. The monoisotopic (exact) mass is 729 g/mol. The number of phosphoric acid groups is 1. The topological polar surface area (TPSA) is 111 Å². The van der Waals surface area contributed by atoms with Crippen LogP contribution in [0.3, 0.4) is 0 Å². The van der Waals surface area contributed by atoms with E-state index in [1.807, 2.05) is 32.1 Å². The predicted octanol–water partition coefficient (Wildman–Crippen LogP) is 11.3. The molecular weight excluding hydrogens is 661 g/mol. The zero-order chi connectivity index (χ0) is 37.6. The van der Waals surface area contributed by atoms with Gasteiger partial charge in [-0.05, 0) is 88.9 Å². The van der Waals surface area contributed by atoms with Gasteiger partial charge in [0.05, 0.1) is 19.8 Å². The Balaban J connectivity index is 2.07. The molecule has 0 bridgehead atoms. The summed E-state index contributed by atoms with van der Waals surface area (Å²) >= 11 is 0. The molecule has 1 rings (SSSR count). The molecule has 1 amide bonds. The summed E-state index contributed by atoms with van der Waals surface area (Å²) in [6, 6.07) is 0. The molecule has 0 fully saturated rings. The Morgan fingerprint density at radius 1 is 0.843 bits per heavy atom. The fourth-order valence-electron chi connectivity index (χ4n) is 5.54. The molecule has 51 heavy (non-hydrogen) atoms. The summed E-state index contributed by atoms with van der Waals surface area (Å²) in [5.74, 6) is -0.600. The van der Waals surface area contributed by atoms with Crippen molar-refractivity contribution in [3.05, 3.63) is 83.1 Å². The largest absolute Gasteiger partial charge is 0.472 e. The quantitative estimate of drug-likeness (QED) is 0.0197. The molecule has 1 aliphatic rings. The Morgan fingerprint density at radius 2 is 1.49 bits per heavy atom. The van der Waals surface area contributed by atoms with Crippen molar-refractivity contribution < 1.29 is 32.8 Å². The molecule has 0 aromatic rings. The van der Waals surface area contributed by atoms with Gasteiger partial charge in [-0.1, -0.05) is 119 Å². The number of nitrogens with one attached hydrogen (secondary N) is 1. The van der Waals surface area contributed by atoms with E-state index in [0.717, 1.165) is 49.7 Å². The van der Waals surface area contributed by atoms with Gasteiger partial charge in [0, 0.05) is 25.5 Å². The van der Waals surface area contributed by atoms with Crippen LogP contribution >= 0.6 is 7.82 Å². The molecule has 0 saturated heterocycles. The van der Waals surface area contributed by atoms with Crippen LogP contribution in [0.25, 0.3) is 0 Å². The number of rotatable bonds is 29. The van der Waals surface area contributed by atoms with E-state index in [9.17, 15) is 19.0 Å². The minimum Gasteiger partial charge on any atom is -0.466 e. The molecule has 2 N–H and O–H groups in total. The summed E-state index contributed by atoms with van der Waals surface area (Å²) in [5, 5.41) is 2.62. The maximum absolute atomic E-state index is 12.2. The predicted molar refractivity (Wildman–Crippen MR) is 211 cm³/mol. The van der Waals surface area contributed by atoms with Crippen molar-refractivity contribution in [2.45, 2.75) is 143 Å². The number of carbonyl (C=O) groups is 2. The highest BCUT2D eigenvalue weighted by atomic mass is 31.2. The summed E-state index contributed by atoms with van der Waals surface area (Å²) in [4.78, 5) is 34.0. The van der Waals surface area contributed by atoms with Crippen molar-refractivity contribution in [1.82, 2.24) is 5.32 Å². The van der Waals surface area contributed by atoms with E-state index in [-0.39, 0.29) is 44.7 Å². The van der Waals surface area contributed by atoms with Gasteiger partial charge in [-0.3, -0.25) is 18.6 Å². The van der Waals surface area contributed by atoms with Crippen LogP contribution in [0.15, 0.2) is 83.1 Å². The number of carbonyl (C=O) groups excluding carboxylic acids is 2. The highest BCUT2D eigenvalue weighted by molar-refractivity contribution is 7.47. The number of ether oxygens (including phenoxy) is 1. The third kappa shape index (κ3) is 26.6. The van der Waals surface area contributed by atoms with Crippen molar-refractivity contribution in [1.29, 1.82) is 0 Å². The van der Waals surface area contributed by atoms with Crippen LogP contribution in [0, 0.1) is 0 Å². The van der Waals surface area contributed by atoms with Gasteiger partial charge in [-0.25, -0.2) is 4.57 Å². The molecule has 0 radical (unpaired) electrons. The van der Waals surface area contributed by atoms with Gasteiger partial charge in [-0.2, -0.15) is 0 Å². The summed E-state index contributed by atoms with van der Waals surface area (Å²) in [5.41, 5.74) is 5.65. The molecule has 0 aromatic carbocycles. The lowest BCUT2D eigenvalue weighted by atomic mass is 9.88. The maximum atomic E-state index is 12.2. The molecule has 1 atom stereocenters. The maximum Gasteiger partial charge on any atom is 0.472 e. The van der Waals surface area contributed by atoms with Gasteiger partial charge in [0.25, 0.3) is 0 Å². The Labute approximate surface area is 309 Å². The fourth-order valence-corrected chi connectivity index (χ4v) is 6.29. The van der Waals surface area contributed by atoms with Crippen LogP contribution in [0.2, 0.25) is 0 Å². The molecule has 1 unspecified atom stereocenters. The Kier molecular flexibility index (Phi) is 27.0. The first kappa shape index (κ1) is 46.3. The van der Waals surface area contributed by atoms with Gasteiger partial charge in [0.15, 0.2) is 0 Å². The molecule has 288 valence electrons. The molecule has 0 saturated carbocycles. The number of phosphoric ester groups is 1. The number of hydrogen-bond acceptors (Lipinski definition) is 6. The highest BCUT2D eigenvalue weighted by Crippen LogP contribution is 2.42. The third-order valence-corrected chi connectivity index (χ3v) is 9.58. The van der Waals surface area contributed by atoms with Gasteiger partial charge >= 0.3 is 13.8 Å². The van der Waals surface area contributed by atoms with Gasteiger partial charge in [0.2, 0.25) is 5.91 Å². The van der Waals surface area contributed by atoms with Crippen molar-refractivity contribution in [3.63, 3.8) is 0 Å². The summed E-state index contributed by atoms with van der Waals surface area (Å²) < 4.78 is 27.2. The summed E-state index contributed by atoms with van der Waals surface area (Å²) in [6.45, 7) is 12.3. The van der Waals surface area contributed by atoms with Crippen LogP contribution in [0.4, 0.5) is 0 Å². The Hall–Kier alpha value is -2.77. The lowest BCUT2D eigenvalue weighted by Gasteiger charge is -2.17. The third-order valence-electron chi connectivity index (χ3n) is 8.57. The molecule has 1 aliphatic carbocycles. The standard InChI is InChI=1S/C42H68NO7P/c1-6-7-8-9-10-11-12-13-14-15-16-17-18-19-20-28-42(45)48-32-23-33-49-51(46,47)50-34-31-43-41(44)35-37(3)25-21-24-36(2)29-30-40-38(4)26-22-27-39(40)5/h13-14,21,24-25,29-30,35H,4,6-12,15-20,22-23,26-28,31-34H2,1-3,5H3,(H,43,44)(H,46,47)/b14-13-,25-21+,30-29+,36-24+,37-35+. The van der Waals surface area contributed by atoms with E-state index in [2.05, 4.69) is 50.0 Å². The smallest absolute Gasteiger partial charge is 0.466 e. The van der Waals surface area contributed by atoms with Crippen LogP contribution in [0.1, 0.15) is 143 Å². The van der Waals surface area contributed by atoms with Crippen LogP contribution in [-0.4, -0.2) is 43.1 Å². The number of esters is 1. The van der Waals surface area contributed by atoms with Crippen LogP contribution < -0.4 is 5.32 Å². The molecule has 0 aliphatic heterocycles. The fraction of sp³-hybridized carbons (Fsp3) is 0.619. The molecule has 0 aromatic heterocycles. The zero-order valence-corrected chi connectivity index (χ0v) is 33.1. The first-order valence-corrected chi connectivity index (χ1v) is 20.8. The lowest BCUT2D eigenvalue weighted by molar-refractivity contribution is -0.144. The second kappa shape index (κ2) is 29.8. The van der Waals surface area contributed by atoms with Crippen molar-refractivity contribution in [2.75, 3.05) is 26.4 Å². The number of unbranched alkanes of at least 4 members (excludes halogenated alkanes) is 11. The van der Waals surface area contributed by atoms with E-state index in [1.54, 1.807) is 0 Å². The van der Waals surface area contributed by atoms with Crippen molar-refractivity contribution >= 4 is 19.7 Å².